The van der Waals surface area contributed by atoms with Crippen LogP contribution in [0.4, 0.5) is 0 Å². The van der Waals surface area contributed by atoms with Gasteiger partial charge in [0.15, 0.2) is 0 Å². The lowest BCUT2D eigenvalue weighted by molar-refractivity contribution is -0.145. The Morgan fingerprint density at radius 2 is 2.36 bits per heavy atom. The minimum absolute atomic E-state index is 0.0498. The molecule has 6 heteroatoms. The average molecular weight is 215 g/mol. The van der Waals surface area contributed by atoms with Gasteiger partial charge in [0, 0.05) is 4.91 Å². The van der Waals surface area contributed by atoms with Gasteiger partial charge in [-0.1, -0.05) is 11.8 Å². The van der Waals surface area contributed by atoms with Gasteiger partial charge < -0.3 is 10.2 Å². The molecule has 76 valence electrons. The van der Waals surface area contributed by atoms with Gasteiger partial charge in [0.1, 0.15) is 5.70 Å². The van der Waals surface area contributed by atoms with E-state index in [1.54, 1.807) is 0 Å². The van der Waals surface area contributed by atoms with Crippen molar-refractivity contribution in [1.82, 2.24) is 4.90 Å². The Hall–Kier alpha value is -1.01. The highest BCUT2D eigenvalue weighted by Gasteiger charge is 2.49. The van der Waals surface area contributed by atoms with Crippen molar-refractivity contribution in [2.45, 2.75) is 24.8 Å². The first-order valence-corrected chi connectivity index (χ1v) is 5.04. The number of rotatable bonds is 2. The number of amides is 1. The van der Waals surface area contributed by atoms with Gasteiger partial charge in [-0.25, -0.2) is 4.79 Å². The first-order chi connectivity index (χ1) is 6.52. The summed E-state index contributed by atoms with van der Waals surface area (Å²) in [4.78, 5) is 23.6. The second-order valence-corrected chi connectivity index (χ2v) is 4.45. The molecule has 2 aliphatic rings. The van der Waals surface area contributed by atoms with Crippen LogP contribution in [0.1, 0.15) is 13.3 Å². The number of carboxylic acid groups (broad SMARTS) is 1. The molecule has 0 aromatic rings. The molecule has 1 fully saturated rings. The highest BCUT2D eigenvalue weighted by molar-refractivity contribution is 8.04. The minimum Gasteiger partial charge on any atom is -0.477 e. The fourth-order valence-corrected chi connectivity index (χ4v) is 2.92. The number of hydrogen-bond donors (Lipinski definition) is 2. The molecule has 1 unspecified atom stereocenters. The zero-order chi connectivity index (χ0) is 10.5. The lowest BCUT2D eigenvalue weighted by Crippen LogP contribution is -2.48. The van der Waals surface area contributed by atoms with Gasteiger partial charge in [-0.15, -0.1) is 0 Å². The summed E-state index contributed by atoms with van der Waals surface area (Å²) in [5, 5.41) is 18.1. The largest absolute Gasteiger partial charge is 0.477 e. The van der Waals surface area contributed by atoms with Crippen molar-refractivity contribution in [3.63, 3.8) is 0 Å². The number of fused-ring (bicyclic) bond motifs is 1. The summed E-state index contributed by atoms with van der Waals surface area (Å²) in [6.45, 7) is 1.50. The number of aliphatic carboxylic acids is 1. The number of carbonyl (C=O) groups excluding carboxylic acids is 1. The third-order valence-electron chi connectivity index (χ3n) is 2.23. The molecule has 0 saturated carbocycles. The van der Waals surface area contributed by atoms with Crippen LogP contribution >= 0.6 is 11.8 Å². The molecule has 2 heterocycles. The maximum atomic E-state index is 11.1. The van der Waals surface area contributed by atoms with E-state index in [0.717, 1.165) is 0 Å². The van der Waals surface area contributed by atoms with Crippen LogP contribution < -0.4 is 0 Å². The first kappa shape index (κ1) is 9.54. The Labute approximate surface area is 84.4 Å². The van der Waals surface area contributed by atoms with Gasteiger partial charge >= 0.3 is 5.97 Å². The number of aliphatic hydroxyl groups is 1. The smallest absolute Gasteiger partial charge is 0.353 e. The SMILES string of the molecule is C[C@@H](O)C1=C(C(=O)O)N2C(=O)CC2S1. The zero-order valence-electron chi connectivity index (χ0n) is 7.43. The molecule has 0 aliphatic carbocycles. The molecule has 2 atom stereocenters. The molecule has 14 heavy (non-hydrogen) atoms. The molecule has 1 amide bonds. The van der Waals surface area contributed by atoms with Crippen LogP contribution in [0, 0.1) is 0 Å². The molecule has 0 aromatic carbocycles. The van der Waals surface area contributed by atoms with Gasteiger partial charge in [0.2, 0.25) is 5.91 Å². The summed E-state index contributed by atoms with van der Waals surface area (Å²) in [5.41, 5.74) is -0.0498. The molecular weight excluding hydrogens is 206 g/mol. The molecule has 1 saturated heterocycles. The third kappa shape index (κ3) is 1.14. The summed E-state index contributed by atoms with van der Waals surface area (Å²) >= 11 is 1.26. The van der Waals surface area contributed by atoms with Crippen LogP contribution in [0.15, 0.2) is 10.6 Å². The number of β-lactam (4-membered cyclic amide) rings is 1. The Balaban J connectivity index is 2.38. The Bertz CT molecular complexity index is 349. The van der Waals surface area contributed by atoms with E-state index in [1.807, 2.05) is 0 Å². The molecule has 0 bridgehead atoms. The molecule has 2 aliphatic heterocycles. The monoisotopic (exact) mass is 215 g/mol. The summed E-state index contributed by atoms with van der Waals surface area (Å²) < 4.78 is 0. The summed E-state index contributed by atoms with van der Waals surface area (Å²) in [7, 11) is 0. The highest BCUT2D eigenvalue weighted by Crippen LogP contribution is 2.47. The van der Waals surface area contributed by atoms with Crippen LogP contribution in [-0.2, 0) is 9.59 Å². The number of hydrogen-bond acceptors (Lipinski definition) is 4. The number of aliphatic hydroxyl groups excluding tert-OH is 1. The van der Waals surface area contributed by atoms with Crippen molar-refractivity contribution in [3.05, 3.63) is 10.6 Å². The van der Waals surface area contributed by atoms with E-state index in [-0.39, 0.29) is 17.0 Å². The second kappa shape index (κ2) is 2.99. The highest BCUT2D eigenvalue weighted by atomic mass is 32.2. The van der Waals surface area contributed by atoms with Gasteiger partial charge in [-0.3, -0.25) is 9.69 Å². The van der Waals surface area contributed by atoms with E-state index in [0.29, 0.717) is 11.3 Å². The van der Waals surface area contributed by atoms with Crippen LogP contribution in [0.25, 0.3) is 0 Å². The van der Waals surface area contributed by atoms with E-state index in [9.17, 15) is 14.7 Å². The van der Waals surface area contributed by atoms with Crippen molar-refractivity contribution >= 4 is 23.6 Å². The van der Waals surface area contributed by atoms with Crippen LogP contribution in [-0.4, -0.2) is 38.5 Å². The van der Waals surface area contributed by atoms with E-state index in [4.69, 9.17) is 5.11 Å². The fraction of sp³-hybridized carbons (Fsp3) is 0.500. The second-order valence-electron chi connectivity index (χ2n) is 3.23. The number of carbonyl (C=O) groups is 2. The molecule has 0 spiro atoms. The molecule has 5 nitrogen and oxygen atoms in total. The van der Waals surface area contributed by atoms with E-state index in [1.165, 1.54) is 23.6 Å². The van der Waals surface area contributed by atoms with Crippen LogP contribution in [0.3, 0.4) is 0 Å². The van der Waals surface area contributed by atoms with Crippen molar-refractivity contribution in [3.8, 4) is 0 Å². The van der Waals surface area contributed by atoms with Crippen LogP contribution in [0.5, 0.6) is 0 Å². The summed E-state index contributed by atoms with van der Waals surface area (Å²) in [6.07, 6.45) is -0.470. The Morgan fingerprint density at radius 1 is 1.71 bits per heavy atom. The van der Waals surface area contributed by atoms with E-state index < -0.39 is 12.1 Å². The molecule has 0 aromatic heterocycles. The maximum Gasteiger partial charge on any atom is 0.353 e. The summed E-state index contributed by atoms with van der Waals surface area (Å²) in [6, 6.07) is 0. The number of nitrogens with zero attached hydrogens (tertiary/aromatic N) is 1. The topological polar surface area (TPSA) is 77.8 Å². The van der Waals surface area contributed by atoms with E-state index in [2.05, 4.69) is 0 Å². The predicted octanol–water partition coefficient (Wildman–Crippen LogP) is -0.0314. The quantitative estimate of drug-likeness (QED) is 0.632. The Morgan fingerprint density at radius 3 is 2.79 bits per heavy atom. The minimum atomic E-state index is -1.15. The molecule has 2 N–H and O–H groups in total. The van der Waals surface area contributed by atoms with Gasteiger partial charge in [0.25, 0.3) is 0 Å². The predicted molar refractivity (Wildman–Crippen MR) is 49.2 cm³/mol. The van der Waals surface area contributed by atoms with Crippen LogP contribution in [0.2, 0.25) is 0 Å². The van der Waals surface area contributed by atoms with E-state index >= 15 is 0 Å². The van der Waals surface area contributed by atoms with Gasteiger partial charge in [-0.2, -0.15) is 0 Å². The molecule has 2 rings (SSSR count). The molecule has 0 radical (unpaired) electrons. The number of carboxylic acids is 1. The first-order valence-electron chi connectivity index (χ1n) is 4.16. The lowest BCUT2D eigenvalue weighted by atomic mass is 10.1. The lowest BCUT2D eigenvalue weighted by Gasteiger charge is -2.33. The zero-order valence-corrected chi connectivity index (χ0v) is 8.24. The van der Waals surface area contributed by atoms with Crippen molar-refractivity contribution < 1.29 is 19.8 Å². The van der Waals surface area contributed by atoms with Crippen molar-refractivity contribution in [2.75, 3.05) is 0 Å². The normalized spacial score (nSPS) is 27.4. The standard InChI is InChI=1S/C8H9NO4S/c1-3(10)7-6(8(12)13)9-4(11)2-5(9)14-7/h3,5,10H,2H2,1H3,(H,12,13)/t3-,5?/m1/s1. The Kier molecular flexibility index (Phi) is 2.04. The fourth-order valence-electron chi connectivity index (χ4n) is 1.58. The van der Waals surface area contributed by atoms with Crippen molar-refractivity contribution in [2.24, 2.45) is 0 Å². The number of thioether (sulfide) groups is 1. The van der Waals surface area contributed by atoms with Gasteiger partial charge in [0.05, 0.1) is 17.9 Å². The average Bonchev–Trinajstić information content (AvgIpc) is 2.37. The van der Waals surface area contributed by atoms with Gasteiger partial charge in [-0.05, 0) is 6.92 Å². The molecular formula is C8H9NO4S. The van der Waals surface area contributed by atoms with Crippen molar-refractivity contribution in [1.29, 1.82) is 0 Å². The summed E-state index contributed by atoms with van der Waals surface area (Å²) in [5.74, 6) is -1.33. The maximum absolute atomic E-state index is 11.1. The third-order valence-corrected chi connectivity index (χ3v) is 3.66.